The molecule has 6 heteroatoms. The van der Waals surface area contributed by atoms with Crippen LogP contribution in [0.1, 0.15) is 36.5 Å². The summed E-state index contributed by atoms with van der Waals surface area (Å²) in [6.45, 7) is 7.73. The van der Waals surface area contributed by atoms with Crippen LogP contribution >= 0.6 is 0 Å². The highest BCUT2D eigenvalue weighted by Crippen LogP contribution is 2.41. The van der Waals surface area contributed by atoms with Crippen molar-refractivity contribution in [3.8, 4) is 6.07 Å². The van der Waals surface area contributed by atoms with E-state index in [0.29, 0.717) is 5.76 Å². The molecule has 3 aromatic rings. The number of benzene rings is 3. The van der Waals surface area contributed by atoms with E-state index in [2.05, 4.69) is 73.3 Å². The number of esters is 1. The van der Waals surface area contributed by atoms with Crippen molar-refractivity contribution in [3.63, 3.8) is 0 Å². The van der Waals surface area contributed by atoms with Gasteiger partial charge in [-0.05, 0) is 69.7 Å². The number of carbonyl (C=O) groups is 1. The molecule has 0 amide bonds. The van der Waals surface area contributed by atoms with Crippen LogP contribution in [0.2, 0.25) is 0 Å². The fraction of sp³-hybridized carbons (Fsp3) is 0.200. The van der Waals surface area contributed by atoms with Gasteiger partial charge in [0.25, 0.3) is 0 Å². The van der Waals surface area contributed by atoms with Gasteiger partial charge in [0, 0.05) is 17.1 Å². The Balaban J connectivity index is 1.79. The Labute approximate surface area is 211 Å². The number of allylic oxidation sites excluding steroid dienone is 2. The highest BCUT2D eigenvalue weighted by molar-refractivity contribution is 5.92. The van der Waals surface area contributed by atoms with Gasteiger partial charge in [0.05, 0.1) is 18.1 Å². The normalized spacial score (nSPS) is 15.2. The first-order chi connectivity index (χ1) is 17.3. The van der Waals surface area contributed by atoms with Gasteiger partial charge in [-0.25, -0.2) is 4.79 Å². The maximum Gasteiger partial charge on any atom is 0.338 e. The SMILES string of the molecule is CCOC(=O)C1=C(C)OC(N)=C(C#N)C1c1ccc(N(c2ccc(C)cc2)c2ccc(C)cc2)cc1. The molecule has 4 rings (SSSR count). The minimum absolute atomic E-state index is 0.00179. The molecule has 36 heavy (non-hydrogen) atoms. The zero-order valence-electron chi connectivity index (χ0n) is 20.9. The van der Waals surface area contributed by atoms with E-state index in [1.54, 1.807) is 13.8 Å². The highest BCUT2D eigenvalue weighted by Gasteiger charge is 2.36. The number of nitrogens with zero attached hydrogens (tertiary/aromatic N) is 2. The molecular weight excluding hydrogens is 450 g/mol. The molecule has 182 valence electrons. The molecule has 6 nitrogen and oxygen atoms in total. The molecule has 0 fully saturated rings. The van der Waals surface area contributed by atoms with E-state index in [1.807, 2.05) is 24.3 Å². The van der Waals surface area contributed by atoms with Gasteiger partial charge in [-0.1, -0.05) is 47.5 Å². The lowest BCUT2D eigenvalue weighted by Gasteiger charge is -2.28. The summed E-state index contributed by atoms with van der Waals surface area (Å²) in [4.78, 5) is 15.0. The molecule has 3 aromatic carbocycles. The summed E-state index contributed by atoms with van der Waals surface area (Å²) in [6, 6.07) is 26.6. The van der Waals surface area contributed by atoms with Crippen LogP contribution in [-0.2, 0) is 14.3 Å². The van der Waals surface area contributed by atoms with Crippen molar-refractivity contribution in [3.05, 3.63) is 112 Å². The maximum absolute atomic E-state index is 12.8. The quantitative estimate of drug-likeness (QED) is 0.411. The number of ether oxygens (including phenoxy) is 2. The largest absolute Gasteiger partial charge is 0.463 e. The summed E-state index contributed by atoms with van der Waals surface area (Å²) < 4.78 is 10.8. The molecule has 1 heterocycles. The summed E-state index contributed by atoms with van der Waals surface area (Å²) >= 11 is 0. The third-order valence-corrected chi connectivity index (χ3v) is 6.17. The summed E-state index contributed by atoms with van der Waals surface area (Å²) in [7, 11) is 0. The molecular formula is C30H29N3O3. The van der Waals surface area contributed by atoms with Crippen LogP contribution in [0.25, 0.3) is 0 Å². The monoisotopic (exact) mass is 479 g/mol. The fourth-order valence-corrected chi connectivity index (χ4v) is 4.34. The van der Waals surface area contributed by atoms with Crippen LogP contribution in [0.5, 0.6) is 0 Å². The smallest absolute Gasteiger partial charge is 0.338 e. The second kappa shape index (κ2) is 10.4. The van der Waals surface area contributed by atoms with E-state index >= 15 is 0 Å². The molecule has 2 N–H and O–H groups in total. The number of nitrogens with two attached hydrogens (primary N) is 1. The third kappa shape index (κ3) is 4.82. The predicted octanol–water partition coefficient (Wildman–Crippen LogP) is 6.42. The second-order valence-electron chi connectivity index (χ2n) is 8.71. The van der Waals surface area contributed by atoms with E-state index in [1.165, 1.54) is 11.1 Å². The number of hydrogen-bond donors (Lipinski definition) is 1. The average molecular weight is 480 g/mol. The van der Waals surface area contributed by atoms with Gasteiger partial charge in [-0.2, -0.15) is 5.26 Å². The first kappa shape index (κ1) is 24.6. The van der Waals surface area contributed by atoms with Crippen molar-refractivity contribution in [2.75, 3.05) is 11.5 Å². The number of hydrogen-bond acceptors (Lipinski definition) is 6. The highest BCUT2D eigenvalue weighted by atomic mass is 16.5. The van der Waals surface area contributed by atoms with Gasteiger partial charge >= 0.3 is 5.97 Å². The summed E-state index contributed by atoms with van der Waals surface area (Å²) in [5.74, 6) is -0.868. The van der Waals surface area contributed by atoms with Crippen molar-refractivity contribution >= 4 is 23.0 Å². The van der Waals surface area contributed by atoms with Gasteiger partial charge in [0.1, 0.15) is 17.4 Å². The lowest BCUT2D eigenvalue weighted by molar-refractivity contribution is -0.139. The van der Waals surface area contributed by atoms with Crippen molar-refractivity contribution < 1.29 is 14.3 Å². The lowest BCUT2D eigenvalue weighted by atomic mass is 9.83. The van der Waals surface area contributed by atoms with Crippen LogP contribution < -0.4 is 10.6 Å². The first-order valence-corrected chi connectivity index (χ1v) is 11.8. The Morgan fingerprint density at radius 1 is 0.917 bits per heavy atom. The van der Waals surface area contributed by atoms with Crippen LogP contribution in [0.15, 0.2) is 95.6 Å². The minimum Gasteiger partial charge on any atom is -0.463 e. The number of aryl methyl sites for hydroxylation is 2. The third-order valence-electron chi connectivity index (χ3n) is 6.17. The molecule has 0 saturated heterocycles. The molecule has 0 aliphatic carbocycles. The van der Waals surface area contributed by atoms with Crippen molar-refractivity contribution in [1.29, 1.82) is 5.26 Å². The van der Waals surface area contributed by atoms with E-state index in [0.717, 1.165) is 22.6 Å². The molecule has 0 saturated carbocycles. The zero-order chi connectivity index (χ0) is 25.8. The Bertz CT molecular complexity index is 1320. The number of nitriles is 1. The van der Waals surface area contributed by atoms with Crippen LogP contribution in [0.4, 0.5) is 17.1 Å². The summed E-state index contributed by atoms with van der Waals surface area (Å²) in [5.41, 5.74) is 12.6. The number of carbonyl (C=O) groups excluding carboxylic acids is 1. The zero-order valence-corrected chi connectivity index (χ0v) is 20.9. The van der Waals surface area contributed by atoms with Crippen LogP contribution in [0, 0.1) is 25.2 Å². The first-order valence-electron chi connectivity index (χ1n) is 11.8. The molecule has 1 atom stereocenters. The van der Waals surface area contributed by atoms with Gasteiger partial charge in [0.15, 0.2) is 0 Å². The molecule has 1 aliphatic heterocycles. The molecule has 0 bridgehead atoms. The second-order valence-corrected chi connectivity index (χ2v) is 8.71. The van der Waals surface area contributed by atoms with Gasteiger partial charge in [0.2, 0.25) is 5.88 Å². The summed E-state index contributed by atoms with van der Waals surface area (Å²) in [6.07, 6.45) is 0. The minimum atomic E-state index is -0.677. The van der Waals surface area contributed by atoms with Gasteiger partial charge < -0.3 is 20.1 Å². The van der Waals surface area contributed by atoms with E-state index in [-0.39, 0.29) is 23.6 Å². The van der Waals surface area contributed by atoms with Crippen molar-refractivity contribution in [1.82, 2.24) is 0 Å². The molecule has 0 spiro atoms. The summed E-state index contributed by atoms with van der Waals surface area (Å²) in [5, 5.41) is 9.84. The van der Waals surface area contributed by atoms with E-state index in [4.69, 9.17) is 15.2 Å². The topological polar surface area (TPSA) is 88.6 Å². The van der Waals surface area contributed by atoms with Gasteiger partial charge in [-0.15, -0.1) is 0 Å². The number of rotatable bonds is 6. The van der Waals surface area contributed by atoms with Crippen LogP contribution in [-0.4, -0.2) is 12.6 Å². The Kier molecular flexibility index (Phi) is 7.12. The molecule has 0 aromatic heterocycles. The van der Waals surface area contributed by atoms with E-state index in [9.17, 15) is 10.1 Å². The lowest BCUT2D eigenvalue weighted by Crippen LogP contribution is -2.25. The van der Waals surface area contributed by atoms with Gasteiger partial charge in [-0.3, -0.25) is 0 Å². The maximum atomic E-state index is 12.8. The van der Waals surface area contributed by atoms with E-state index < -0.39 is 11.9 Å². The number of anilines is 3. The van der Waals surface area contributed by atoms with Crippen LogP contribution in [0.3, 0.4) is 0 Å². The van der Waals surface area contributed by atoms with Crippen molar-refractivity contribution in [2.24, 2.45) is 5.73 Å². The van der Waals surface area contributed by atoms with Crippen molar-refractivity contribution in [2.45, 2.75) is 33.6 Å². The Hall–Kier alpha value is -4.50. The Morgan fingerprint density at radius 3 is 1.83 bits per heavy atom. The fourth-order valence-electron chi connectivity index (χ4n) is 4.34. The molecule has 1 aliphatic rings. The molecule has 1 unspecified atom stereocenters. The Morgan fingerprint density at radius 2 is 1.39 bits per heavy atom. The standard InChI is InChI=1S/C30H29N3O3/c1-5-35-30(34)27-21(4)36-29(32)26(18-31)28(27)22-10-16-25(17-11-22)33(23-12-6-19(2)7-13-23)24-14-8-20(3)9-15-24/h6-17,28H,5,32H2,1-4H3. The molecule has 0 radical (unpaired) electrons. The average Bonchev–Trinajstić information content (AvgIpc) is 2.86. The predicted molar refractivity (Wildman–Crippen MR) is 141 cm³/mol.